The molecule has 1 aliphatic rings. The van der Waals surface area contributed by atoms with E-state index in [-0.39, 0.29) is 6.10 Å². The van der Waals surface area contributed by atoms with Gasteiger partial charge in [0.05, 0.1) is 6.10 Å². The van der Waals surface area contributed by atoms with Gasteiger partial charge in [0.15, 0.2) is 0 Å². The Morgan fingerprint density at radius 3 is 3.00 bits per heavy atom. The van der Waals surface area contributed by atoms with Crippen molar-refractivity contribution in [2.45, 2.75) is 38.9 Å². The summed E-state index contributed by atoms with van der Waals surface area (Å²) in [6.45, 7) is 6.87. The first-order valence-corrected chi connectivity index (χ1v) is 6.80. The highest BCUT2D eigenvalue weighted by molar-refractivity contribution is 5.31. The molecule has 1 aliphatic heterocycles. The molecule has 100 valence electrons. The monoisotopic (exact) mass is 249 g/mol. The quantitative estimate of drug-likeness (QED) is 0.840. The first kappa shape index (κ1) is 13.4. The minimum Gasteiger partial charge on any atom is -0.489 e. The van der Waals surface area contributed by atoms with E-state index in [2.05, 4.69) is 25.2 Å². The van der Waals surface area contributed by atoms with Gasteiger partial charge in [0, 0.05) is 19.7 Å². The molecule has 1 saturated heterocycles. The van der Waals surface area contributed by atoms with E-state index < -0.39 is 0 Å². The molecule has 2 atom stereocenters. The smallest absolute Gasteiger partial charge is 0.122 e. The molecule has 0 saturated carbocycles. The SMILES string of the molecule is Cc1ccccc1O[C@H](C)CNC[C@H]1CCCO1. The van der Waals surface area contributed by atoms with Crippen LogP contribution in [-0.2, 0) is 4.74 Å². The van der Waals surface area contributed by atoms with E-state index in [0.717, 1.165) is 25.4 Å². The second-order valence-corrected chi connectivity index (χ2v) is 4.99. The van der Waals surface area contributed by atoms with Crippen LogP contribution in [-0.4, -0.2) is 31.9 Å². The van der Waals surface area contributed by atoms with Crippen molar-refractivity contribution in [3.05, 3.63) is 29.8 Å². The molecule has 0 amide bonds. The van der Waals surface area contributed by atoms with Crippen molar-refractivity contribution in [2.24, 2.45) is 0 Å². The zero-order valence-corrected chi connectivity index (χ0v) is 11.3. The standard InChI is InChI=1S/C15H23NO2/c1-12-6-3-4-8-15(12)18-13(2)10-16-11-14-7-5-9-17-14/h3-4,6,8,13-14,16H,5,7,9-11H2,1-2H3/t13-,14-/m1/s1. The fraction of sp³-hybridized carbons (Fsp3) is 0.600. The molecule has 0 bridgehead atoms. The number of para-hydroxylation sites is 1. The first-order valence-electron chi connectivity index (χ1n) is 6.80. The molecule has 0 unspecified atom stereocenters. The number of rotatable bonds is 6. The van der Waals surface area contributed by atoms with E-state index >= 15 is 0 Å². The Morgan fingerprint density at radius 1 is 1.44 bits per heavy atom. The summed E-state index contributed by atoms with van der Waals surface area (Å²) in [6.07, 6.45) is 2.95. The topological polar surface area (TPSA) is 30.5 Å². The molecule has 1 aromatic carbocycles. The van der Waals surface area contributed by atoms with Crippen molar-refractivity contribution in [3.8, 4) is 5.75 Å². The lowest BCUT2D eigenvalue weighted by atomic mass is 10.2. The molecule has 0 spiro atoms. The van der Waals surface area contributed by atoms with Crippen molar-refractivity contribution in [1.29, 1.82) is 0 Å². The van der Waals surface area contributed by atoms with Gasteiger partial charge >= 0.3 is 0 Å². The zero-order chi connectivity index (χ0) is 12.8. The summed E-state index contributed by atoms with van der Waals surface area (Å²) in [4.78, 5) is 0. The van der Waals surface area contributed by atoms with E-state index in [1.165, 1.54) is 18.4 Å². The van der Waals surface area contributed by atoms with Gasteiger partial charge in [-0.05, 0) is 38.3 Å². The van der Waals surface area contributed by atoms with Crippen molar-refractivity contribution in [3.63, 3.8) is 0 Å². The van der Waals surface area contributed by atoms with Crippen LogP contribution in [0.25, 0.3) is 0 Å². The van der Waals surface area contributed by atoms with Gasteiger partial charge in [-0.2, -0.15) is 0 Å². The van der Waals surface area contributed by atoms with Crippen LogP contribution in [0.5, 0.6) is 5.75 Å². The number of aryl methyl sites for hydroxylation is 1. The van der Waals surface area contributed by atoms with Crippen LogP contribution in [0.1, 0.15) is 25.3 Å². The largest absolute Gasteiger partial charge is 0.489 e. The van der Waals surface area contributed by atoms with Gasteiger partial charge in [-0.3, -0.25) is 0 Å². The van der Waals surface area contributed by atoms with Crippen LogP contribution < -0.4 is 10.1 Å². The summed E-state index contributed by atoms with van der Waals surface area (Å²) < 4.78 is 11.5. The number of hydrogen-bond acceptors (Lipinski definition) is 3. The Balaban J connectivity index is 1.68. The summed E-state index contributed by atoms with van der Waals surface area (Å²) in [5.41, 5.74) is 1.18. The third-order valence-electron chi connectivity index (χ3n) is 3.25. The molecule has 1 fully saturated rings. The Kier molecular flexibility index (Phi) is 5.02. The van der Waals surface area contributed by atoms with E-state index in [1.807, 2.05) is 18.2 Å². The Bertz CT molecular complexity index is 361. The second-order valence-electron chi connectivity index (χ2n) is 4.99. The lowest BCUT2D eigenvalue weighted by Crippen LogP contribution is -2.34. The molecule has 2 rings (SSSR count). The van der Waals surface area contributed by atoms with Crippen molar-refractivity contribution < 1.29 is 9.47 Å². The number of benzene rings is 1. The predicted molar refractivity (Wildman–Crippen MR) is 73.1 cm³/mol. The molecular weight excluding hydrogens is 226 g/mol. The highest BCUT2D eigenvalue weighted by Gasteiger charge is 2.15. The predicted octanol–water partition coefficient (Wildman–Crippen LogP) is 2.53. The molecule has 0 radical (unpaired) electrons. The van der Waals surface area contributed by atoms with Gasteiger partial charge in [-0.15, -0.1) is 0 Å². The number of nitrogens with one attached hydrogen (secondary N) is 1. The zero-order valence-electron chi connectivity index (χ0n) is 11.3. The fourth-order valence-corrected chi connectivity index (χ4v) is 2.20. The summed E-state index contributed by atoms with van der Waals surface area (Å²) in [7, 11) is 0. The average Bonchev–Trinajstić information content (AvgIpc) is 2.85. The highest BCUT2D eigenvalue weighted by Crippen LogP contribution is 2.17. The van der Waals surface area contributed by atoms with Gasteiger partial charge in [-0.1, -0.05) is 18.2 Å². The minimum atomic E-state index is 0.174. The molecule has 1 N–H and O–H groups in total. The minimum absolute atomic E-state index is 0.174. The second kappa shape index (κ2) is 6.76. The lowest BCUT2D eigenvalue weighted by Gasteiger charge is -2.18. The van der Waals surface area contributed by atoms with Crippen LogP contribution in [0.3, 0.4) is 0 Å². The summed E-state index contributed by atoms with van der Waals surface area (Å²) in [5.74, 6) is 0.976. The molecule has 0 aromatic heterocycles. The number of ether oxygens (including phenoxy) is 2. The molecular formula is C15H23NO2. The summed E-state index contributed by atoms with van der Waals surface area (Å²) >= 11 is 0. The van der Waals surface area contributed by atoms with Gasteiger partial charge < -0.3 is 14.8 Å². The maximum absolute atomic E-state index is 5.91. The molecule has 3 heteroatoms. The van der Waals surface area contributed by atoms with Gasteiger partial charge in [0.2, 0.25) is 0 Å². The molecule has 0 aliphatic carbocycles. The van der Waals surface area contributed by atoms with Crippen LogP contribution in [0, 0.1) is 6.92 Å². The highest BCUT2D eigenvalue weighted by atomic mass is 16.5. The van der Waals surface area contributed by atoms with E-state index in [4.69, 9.17) is 9.47 Å². The van der Waals surface area contributed by atoms with E-state index in [9.17, 15) is 0 Å². The maximum atomic E-state index is 5.91. The van der Waals surface area contributed by atoms with Crippen LogP contribution in [0.4, 0.5) is 0 Å². The Hall–Kier alpha value is -1.06. The van der Waals surface area contributed by atoms with Crippen molar-refractivity contribution in [1.82, 2.24) is 5.32 Å². The first-order chi connectivity index (χ1) is 8.75. The van der Waals surface area contributed by atoms with Crippen LogP contribution in [0.15, 0.2) is 24.3 Å². The average molecular weight is 249 g/mol. The third-order valence-corrected chi connectivity index (χ3v) is 3.25. The normalized spacial score (nSPS) is 20.9. The van der Waals surface area contributed by atoms with Crippen molar-refractivity contribution >= 4 is 0 Å². The lowest BCUT2D eigenvalue weighted by molar-refractivity contribution is 0.106. The van der Waals surface area contributed by atoms with Crippen LogP contribution in [0.2, 0.25) is 0 Å². The molecule has 3 nitrogen and oxygen atoms in total. The van der Waals surface area contributed by atoms with E-state index in [0.29, 0.717) is 6.10 Å². The van der Waals surface area contributed by atoms with E-state index in [1.54, 1.807) is 0 Å². The van der Waals surface area contributed by atoms with Crippen molar-refractivity contribution in [2.75, 3.05) is 19.7 Å². The fourth-order valence-electron chi connectivity index (χ4n) is 2.20. The third kappa shape index (κ3) is 4.00. The Morgan fingerprint density at radius 2 is 2.28 bits per heavy atom. The summed E-state index contributed by atoms with van der Waals surface area (Å²) in [5, 5.41) is 3.42. The maximum Gasteiger partial charge on any atom is 0.122 e. The molecule has 1 aromatic rings. The van der Waals surface area contributed by atoms with Gasteiger partial charge in [0.1, 0.15) is 11.9 Å². The van der Waals surface area contributed by atoms with Gasteiger partial charge in [0.25, 0.3) is 0 Å². The Labute approximate surface area is 109 Å². The molecule has 18 heavy (non-hydrogen) atoms. The van der Waals surface area contributed by atoms with Crippen LogP contribution >= 0.6 is 0 Å². The summed E-state index contributed by atoms with van der Waals surface area (Å²) in [6, 6.07) is 8.13. The number of hydrogen-bond donors (Lipinski definition) is 1. The molecule has 1 heterocycles. The van der Waals surface area contributed by atoms with Gasteiger partial charge in [-0.25, -0.2) is 0 Å².